The summed E-state index contributed by atoms with van der Waals surface area (Å²) in [6, 6.07) is 21.5. The van der Waals surface area contributed by atoms with Gasteiger partial charge in [-0.15, -0.1) is 0 Å². The van der Waals surface area contributed by atoms with Crippen molar-refractivity contribution < 1.29 is 4.79 Å². The Bertz CT molecular complexity index is 567. The molecule has 0 saturated carbocycles. The Hall–Kier alpha value is -1.93. The van der Waals surface area contributed by atoms with E-state index in [1.807, 2.05) is 6.07 Å². The van der Waals surface area contributed by atoms with E-state index in [1.54, 1.807) is 0 Å². The molecule has 0 N–H and O–H groups in total. The van der Waals surface area contributed by atoms with Gasteiger partial charge in [-0.25, -0.2) is 0 Å². The first kappa shape index (κ1) is 14.0. The standard InChI is InChI=1S/C19H21NO/c21-15-17-11-12-20(14-16-7-3-1-4-8-16)19(13-17)18-9-5-2-6-10-18/h1-10,15,17,19H,11-14H2. The predicted molar refractivity (Wildman–Crippen MR) is 84.8 cm³/mol. The van der Waals surface area contributed by atoms with Crippen LogP contribution in [0.15, 0.2) is 60.7 Å². The van der Waals surface area contributed by atoms with Crippen molar-refractivity contribution in [3.8, 4) is 0 Å². The number of piperidine rings is 1. The lowest BCUT2D eigenvalue weighted by Crippen LogP contribution is -2.36. The summed E-state index contributed by atoms with van der Waals surface area (Å²) in [6.07, 6.45) is 3.04. The average Bonchev–Trinajstić information content (AvgIpc) is 2.57. The summed E-state index contributed by atoms with van der Waals surface area (Å²) in [5.74, 6) is 0.197. The van der Waals surface area contributed by atoms with E-state index in [1.165, 1.54) is 11.1 Å². The highest BCUT2D eigenvalue weighted by molar-refractivity contribution is 5.54. The molecule has 1 aliphatic heterocycles. The molecular formula is C19H21NO. The Balaban J connectivity index is 1.81. The first-order chi connectivity index (χ1) is 10.4. The molecule has 2 aromatic carbocycles. The van der Waals surface area contributed by atoms with Crippen LogP contribution < -0.4 is 0 Å². The molecule has 3 rings (SSSR count). The smallest absolute Gasteiger partial charge is 0.123 e. The molecule has 2 nitrogen and oxygen atoms in total. The van der Waals surface area contributed by atoms with Crippen LogP contribution in [-0.2, 0) is 11.3 Å². The molecule has 0 spiro atoms. The van der Waals surface area contributed by atoms with E-state index in [-0.39, 0.29) is 5.92 Å². The molecule has 21 heavy (non-hydrogen) atoms. The molecule has 0 aromatic heterocycles. The fraction of sp³-hybridized carbons (Fsp3) is 0.316. The van der Waals surface area contributed by atoms with Gasteiger partial charge in [-0.3, -0.25) is 4.90 Å². The zero-order valence-electron chi connectivity index (χ0n) is 12.2. The summed E-state index contributed by atoms with van der Waals surface area (Å²) in [5.41, 5.74) is 2.66. The molecule has 0 aliphatic carbocycles. The average molecular weight is 279 g/mol. The van der Waals surface area contributed by atoms with Gasteiger partial charge in [-0.1, -0.05) is 60.7 Å². The molecule has 1 fully saturated rings. The van der Waals surface area contributed by atoms with Crippen LogP contribution in [0.5, 0.6) is 0 Å². The second-order valence-corrected chi connectivity index (χ2v) is 5.80. The zero-order chi connectivity index (χ0) is 14.5. The van der Waals surface area contributed by atoms with E-state index < -0.39 is 0 Å². The highest BCUT2D eigenvalue weighted by atomic mass is 16.1. The van der Waals surface area contributed by atoms with Crippen LogP contribution in [0.25, 0.3) is 0 Å². The van der Waals surface area contributed by atoms with Crippen LogP contribution >= 0.6 is 0 Å². The van der Waals surface area contributed by atoms with Crippen molar-refractivity contribution in [3.63, 3.8) is 0 Å². The summed E-state index contributed by atoms with van der Waals surface area (Å²) < 4.78 is 0. The summed E-state index contributed by atoms with van der Waals surface area (Å²) in [7, 11) is 0. The Kier molecular flexibility index (Phi) is 4.46. The number of carbonyl (C=O) groups excluding carboxylic acids is 1. The second-order valence-electron chi connectivity index (χ2n) is 5.80. The third-order valence-electron chi connectivity index (χ3n) is 4.36. The first-order valence-corrected chi connectivity index (χ1v) is 7.65. The van der Waals surface area contributed by atoms with E-state index in [0.717, 1.165) is 32.2 Å². The lowest BCUT2D eigenvalue weighted by molar-refractivity contribution is -0.113. The van der Waals surface area contributed by atoms with Crippen molar-refractivity contribution >= 4 is 6.29 Å². The van der Waals surface area contributed by atoms with E-state index in [9.17, 15) is 4.79 Å². The number of likely N-dealkylation sites (tertiary alicyclic amines) is 1. The minimum atomic E-state index is 0.197. The van der Waals surface area contributed by atoms with Gasteiger partial charge in [-0.2, -0.15) is 0 Å². The number of hydrogen-bond donors (Lipinski definition) is 0. The monoisotopic (exact) mass is 279 g/mol. The maximum absolute atomic E-state index is 11.2. The Morgan fingerprint density at radius 2 is 1.67 bits per heavy atom. The van der Waals surface area contributed by atoms with Gasteiger partial charge in [0.1, 0.15) is 6.29 Å². The highest BCUT2D eigenvalue weighted by Gasteiger charge is 2.29. The van der Waals surface area contributed by atoms with E-state index in [0.29, 0.717) is 6.04 Å². The van der Waals surface area contributed by atoms with Gasteiger partial charge < -0.3 is 4.79 Å². The number of aldehydes is 1. The SMILES string of the molecule is O=CC1CCN(Cc2ccccc2)C(c2ccccc2)C1. The van der Waals surface area contributed by atoms with Gasteiger partial charge >= 0.3 is 0 Å². The van der Waals surface area contributed by atoms with E-state index in [4.69, 9.17) is 0 Å². The normalized spacial score (nSPS) is 22.9. The van der Waals surface area contributed by atoms with Gasteiger partial charge in [0.15, 0.2) is 0 Å². The quantitative estimate of drug-likeness (QED) is 0.793. The fourth-order valence-electron chi connectivity index (χ4n) is 3.19. The maximum Gasteiger partial charge on any atom is 0.123 e. The molecule has 1 heterocycles. The molecule has 0 amide bonds. The van der Waals surface area contributed by atoms with Crippen molar-refractivity contribution in [3.05, 3.63) is 71.8 Å². The van der Waals surface area contributed by atoms with Crippen LogP contribution in [0.3, 0.4) is 0 Å². The van der Waals surface area contributed by atoms with Gasteiger partial charge in [0.25, 0.3) is 0 Å². The first-order valence-electron chi connectivity index (χ1n) is 7.65. The molecule has 2 heteroatoms. The van der Waals surface area contributed by atoms with Crippen LogP contribution in [-0.4, -0.2) is 17.7 Å². The predicted octanol–water partition coefficient (Wildman–Crippen LogP) is 3.84. The number of carbonyl (C=O) groups is 1. The second kappa shape index (κ2) is 6.68. The number of nitrogens with zero attached hydrogens (tertiary/aromatic N) is 1. The van der Waals surface area contributed by atoms with Crippen molar-refractivity contribution in [1.29, 1.82) is 0 Å². The molecule has 2 atom stereocenters. The van der Waals surface area contributed by atoms with Gasteiger partial charge in [0, 0.05) is 18.5 Å². The molecule has 1 saturated heterocycles. The zero-order valence-corrected chi connectivity index (χ0v) is 12.2. The fourth-order valence-corrected chi connectivity index (χ4v) is 3.19. The lowest BCUT2D eigenvalue weighted by Gasteiger charge is -2.38. The number of benzene rings is 2. The van der Waals surface area contributed by atoms with Gasteiger partial charge in [0.2, 0.25) is 0 Å². The van der Waals surface area contributed by atoms with Crippen molar-refractivity contribution in [2.75, 3.05) is 6.54 Å². The molecule has 0 radical (unpaired) electrons. The van der Waals surface area contributed by atoms with Crippen LogP contribution in [0, 0.1) is 5.92 Å². The largest absolute Gasteiger partial charge is 0.303 e. The number of rotatable bonds is 4. The van der Waals surface area contributed by atoms with Crippen LogP contribution in [0.1, 0.15) is 30.0 Å². The molecule has 1 aliphatic rings. The van der Waals surface area contributed by atoms with Crippen molar-refractivity contribution in [1.82, 2.24) is 4.90 Å². The van der Waals surface area contributed by atoms with Crippen LogP contribution in [0.4, 0.5) is 0 Å². The molecule has 2 aromatic rings. The minimum Gasteiger partial charge on any atom is -0.303 e. The van der Waals surface area contributed by atoms with Crippen molar-refractivity contribution in [2.24, 2.45) is 5.92 Å². The summed E-state index contributed by atoms with van der Waals surface area (Å²) in [6.45, 7) is 1.93. The van der Waals surface area contributed by atoms with Crippen LogP contribution in [0.2, 0.25) is 0 Å². The van der Waals surface area contributed by atoms with E-state index in [2.05, 4.69) is 59.5 Å². The molecule has 0 bridgehead atoms. The maximum atomic E-state index is 11.2. The summed E-state index contributed by atoms with van der Waals surface area (Å²) in [5, 5.41) is 0. The molecular weight excluding hydrogens is 258 g/mol. The van der Waals surface area contributed by atoms with E-state index >= 15 is 0 Å². The van der Waals surface area contributed by atoms with Gasteiger partial charge in [0.05, 0.1) is 0 Å². The Morgan fingerprint density at radius 1 is 1.00 bits per heavy atom. The third-order valence-corrected chi connectivity index (χ3v) is 4.36. The number of hydrogen-bond acceptors (Lipinski definition) is 2. The Labute approximate surface area is 126 Å². The molecule has 108 valence electrons. The molecule has 2 unspecified atom stereocenters. The van der Waals surface area contributed by atoms with Crippen molar-refractivity contribution in [2.45, 2.75) is 25.4 Å². The summed E-state index contributed by atoms with van der Waals surface area (Å²) >= 11 is 0. The minimum absolute atomic E-state index is 0.197. The lowest BCUT2D eigenvalue weighted by atomic mass is 9.87. The third kappa shape index (κ3) is 3.40. The highest BCUT2D eigenvalue weighted by Crippen LogP contribution is 2.34. The topological polar surface area (TPSA) is 20.3 Å². The van der Waals surface area contributed by atoms with Gasteiger partial charge in [-0.05, 0) is 30.5 Å². The Morgan fingerprint density at radius 3 is 2.33 bits per heavy atom. The summed E-state index contributed by atoms with van der Waals surface area (Å²) in [4.78, 5) is 13.7.